The minimum atomic E-state index is -1.59. The van der Waals surface area contributed by atoms with Gasteiger partial charge in [-0.05, 0) is 23.3 Å². The van der Waals surface area contributed by atoms with E-state index in [0.717, 1.165) is 23.3 Å². The van der Waals surface area contributed by atoms with Gasteiger partial charge in [-0.15, -0.1) is 5.10 Å². The van der Waals surface area contributed by atoms with Crippen molar-refractivity contribution in [2.75, 3.05) is 20.8 Å². The van der Waals surface area contributed by atoms with E-state index in [1.165, 1.54) is 25.1 Å². The smallest absolute Gasteiger partial charge is 0.340 e. The van der Waals surface area contributed by atoms with E-state index >= 15 is 0 Å². The first-order valence-electron chi connectivity index (χ1n) is 14.1. The maximum Gasteiger partial charge on any atom is 0.340 e. The third-order valence-corrected chi connectivity index (χ3v) is 7.80. The quantitative estimate of drug-likeness (QED) is 0.136. The molecule has 0 radical (unpaired) electrons. The van der Waals surface area contributed by atoms with Crippen LogP contribution in [0.2, 0.25) is 0 Å². The molecular weight excluding hydrogens is 595 g/mol. The summed E-state index contributed by atoms with van der Waals surface area (Å²) in [5.41, 5.74) is 1.84. The van der Waals surface area contributed by atoms with Gasteiger partial charge < -0.3 is 28.4 Å². The van der Waals surface area contributed by atoms with Gasteiger partial charge in [-0.2, -0.15) is 0 Å². The average Bonchev–Trinajstić information content (AvgIpc) is 3.54. The zero-order valence-electron chi connectivity index (χ0n) is 24.3. The molecule has 0 bridgehead atoms. The van der Waals surface area contributed by atoms with Gasteiger partial charge in [0, 0.05) is 12.7 Å². The molecule has 0 saturated carbocycles. The first kappa shape index (κ1) is 30.9. The molecule has 1 aromatic heterocycles. The Morgan fingerprint density at radius 3 is 2.20 bits per heavy atom. The lowest BCUT2D eigenvalue weighted by Crippen LogP contribution is -2.60. The highest BCUT2D eigenvalue weighted by Crippen LogP contribution is 2.52. The van der Waals surface area contributed by atoms with Crippen LogP contribution in [0, 0.1) is 17.5 Å². The highest BCUT2D eigenvalue weighted by Gasteiger charge is 2.74. The second-order valence-electron chi connectivity index (χ2n) is 10.6. The topological polar surface area (TPSA) is 106 Å². The molecule has 0 aliphatic carbocycles. The lowest BCUT2D eigenvalue weighted by atomic mass is 9.90. The number of esters is 1. The third kappa shape index (κ3) is 6.22. The number of ether oxygens (including phenoxy) is 6. The first-order chi connectivity index (χ1) is 21.8. The Hall–Kier alpha value is -4.14. The Labute approximate surface area is 256 Å². The van der Waals surface area contributed by atoms with Gasteiger partial charge in [0.1, 0.15) is 30.0 Å². The zero-order chi connectivity index (χ0) is 31.6. The summed E-state index contributed by atoms with van der Waals surface area (Å²) in [6, 6.07) is 19.8. The first-order valence-corrected chi connectivity index (χ1v) is 14.1. The van der Waals surface area contributed by atoms with Crippen molar-refractivity contribution in [3.8, 4) is 11.3 Å². The second kappa shape index (κ2) is 13.1. The number of hydrogen-bond donors (Lipinski definition) is 0. The maximum atomic E-state index is 14.1. The lowest BCUT2D eigenvalue weighted by Gasteiger charge is -2.44. The summed E-state index contributed by atoms with van der Waals surface area (Å²) in [5, 5.41) is 8.35. The summed E-state index contributed by atoms with van der Waals surface area (Å²) < 4.78 is 78.9. The molecule has 10 nitrogen and oxygen atoms in total. The zero-order valence-corrected chi connectivity index (χ0v) is 24.3. The van der Waals surface area contributed by atoms with Crippen LogP contribution < -0.4 is 0 Å². The van der Waals surface area contributed by atoms with Gasteiger partial charge in [-0.25, -0.2) is 22.6 Å². The molecule has 6 rings (SSSR count). The van der Waals surface area contributed by atoms with Crippen molar-refractivity contribution in [2.24, 2.45) is 0 Å². The Kier molecular flexibility index (Phi) is 8.97. The molecule has 3 heterocycles. The van der Waals surface area contributed by atoms with E-state index in [-0.39, 0.29) is 31.1 Å². The third-order valence-electron chi connectivity index (χ3n) is 7.80. The number of epoxide rings is 1. The second-order valence-corrected chi connectivity index (χ2v) is 10.6. The van der Waals surface area contributed by atoms with Crippen molar-refractivity contribution in [2.45, 2.75) is 49.5 Å². The Bertz CT molecular complexity index is 1600. The molecule has 0 N–H and O–H groups in total. The van der Waals surface area contributed by atoms with Crippen LogP contribution in [0.1, 0.15) is 17.2 Å². The molecule has 4 aromatic rings. The Morgan fingerprint density at radius 2 is 1.58 bits per heavy atom. The number of nitrogens with zero attached hydrogens (tertiary/aromatic N) is 3. The molecule has 236 valence electrons. The van der Waals surface area contributed by atoms with Gasteiger partial charge in [-0.1, -0.05) is 65.9 Å². The van der Waals surface area contributed by atoms with E-state index in [4.69, 9.17) is 28.4 Å². The van der Waals surface area contributed by atoms with Crippen LogP contribution in [0.5, 0.6) is 0 Å². The number of methoxy groups -OCH3 is 2. The lowest BCUT2D eigenvalue weighted by molar-refractivity contribution is -0.270. The van der Waals surface area contributed by atoms with Crippen molar-refractivity contribution >= 4 is 5.97 Å². The molecule has 4 unspecified atom stereocenters. The molecule has 45 heavy (non-hydrogen) atoms. The van der Waals surface area contributed by atoms with Crippen molar-refractivity contribution in [1.82, 2.24) is 15.0 Å². The standard InChI is InChI=1S/C32H30F3N3O7/c1-40-29-27(38-15-24(36-37-38)21-13-22(33)26(35)23(34)14-21)28(43-17-20-11-7-4-8-12-20)25(18-42-16-19-9-5-3-6-10-19)44-32(29)30(45-32)31(39)41-2/h3-15,25,27-30H,16-18H2,1-2H3/t25?,27?,28-,29?,30+,32?/m0/s1. The van der Waals surface area contributed by atoms with Crippen LogP contribution in [-0.4, -0.2) is 72.0 Å². The number of rotatable bonds is 11. The van der Waals surface area contributed by atoms with Crippen LogP contribution in [0.4, 0.5) is 13.2 Å². The largest absolute Gasteiger partial charge is 0.467 e. The molecule has 2 fully saturated rings. The van der Waals surface area contributed by atoms with Crippen LogP contribution >= 0.6 is 0 Å². The van der Waals surface area contributed by atoms with Gasteiger partial charge >= 0.3 is 5.97 Å². The van der Waals surface area contributed by atoms with Crippen molar-refractivity contribution < 1.29 is 46.4 Å². The number of carbonyl (C=O) groups excluding carboxylic acids is 1. The molecule has 0 amide bonds. The normalized spacial score (nSPS) is 25.8. The number of halogens is 3. The minimum absolute atomic E-state index is 0.0240. The van der Waals surface area contributed by atoms with E-state index in [2.05, 4.69) is 10.3 Å². The molecule has 13 heteroatoms. The predicted octanol–water partition coefficient (Wildman–Crippen LogP) is 4.39. The Morgan fingerprint density at radius 1 is 0.933 bits per heavy atom. The fraction of sp³-hybridized carbons (Fsp3) is 0.344. The SMILES string of the molecule is COC(=O)[C@H]1OC12OC(COCc1ccccc1)[C@H](OCc1ccccc1)C(n1cc(-c3cc(F)c(F)c(F)c3)nn1)C2OC. The van der Waals surface area contributed by atoms with E-state index in [0.29, 0.717) is 0 Å². The highest BCUT2D eigenvalue weighted by atomic mass is 19.2. The fourth-order valence-corrected chi connectivity index (χ4v) is 5.60. The number of aromatic nitrogens is 3. The monoisotopic (exact) mass is 625 g/mol. The maximum absolute atomic E-state index is 14.1. The van der Waals surface area contributed by atoms with E-state index in [9.17, 15) is 18.0 Å². The molecule has 2 aliphatic rings. The summed E-state index contributed by atoms with van der Waals surface area (Å²) in [6.45, 7) is 0.464. The molecular formula is C32H30F3N3O7. The fourth-order valence-electron chi connectivity index (χ4n) is 5.60. The summed E-state index contributed by atoms with van der Waals surface area (Å²) in [7, 11) is 2.65. The minimum Gasteiger partial charge on any atom is -0.467 e. The van der Waals surface area contributed by atoms with Gasteiger partial charge in [0.25, 0.3) is 0 Å². The van der Waals surface area contributed by atoms with Gasteiger partial charge in [0.05, 0.1) is 33.1 Å². The van der Waals surface area contributed by atoms with Gasteiger partial charge in [0.15, 0.2) is 17.5 Å². The average molecular weight is 626 g/mol. The summed E-state index contributed by atoms with van der Waals surface area (Å²) in [5.74, 6) is -6.58. The van der Waals surface area contributed by atoms with Crippen molar-refractivity contribution in [1.29, 1.82) is 0 Å². The Balaban J connectivity index is 1.37. The van der Waals surface area contributed by atoms with Crippen LogP contribution in [0.25, 0.3) is 11.3 Å². The van der Waals surface area contributed by atoms with E-state index in [1.54, 1.807) is 0 Å². The molecule has 6 atom stereocenters. The van der Waals surface area contributed by atoms with Crippen LogP contribution in [-0.2, 0) is 46.4 Å². The number of carbonyl (C=O) groups is 1. The number of benzene rings is 3. The number of hydrogen-bond acceptors (Lipinski definition) is 9. The molecule has 3 aromatic carbocycles. The van der Waals surface area contributed by atoms with Crippen LogP contribution in [0.3, 0.4) is 0 Å². The molecule has 1 spiro atoms. The molecule has 2 aliphatic heterocycles. The van der Waals surface area contributed by atoms with Crippen molar-refractivity contribution in [3.05, 3.63) is 108 Å². The van der Waals surface area contributed by atoms with E-state index < -0.39 is 59.7 Å². The summed E-state index contributed by atoms with van der Waals surface area (Å²) in [6.07, 6.45) is -2.33. The van der Waals surface area contributed by atoms with Gasteiger partial charge in [0.2, 0.25) is 11.9 Å². The van der Waals surface area contributed by atoms with E-state index in [1.807, 2.05) is 60.7 Å². The van der Waals surface area contributed by atoms with Gasteiger partial charge in [-0.3, -0.25) is 0 Å². The highest BCUT2D eigenvalue weighted by molar-refractivity contribution is 5.79. The predicted molar refractivity (Wildman–Crippen MR) is 151 cm³/mol. The summed E-state index contributed by atoms with van der Waals surface area (Å²) in [4.78, 5) is 12.6. The summed E-state index contributed by atoms with van der Waals surface area (Å²) >= 11 is 0. The van der Waals surface area contributed by atoms with Crippen molar-refractivity contribution in [3.63, 3.8) is 0 Å². The molecule has 2 saturated heterocycles. The van der Waals surface area contributed by atoms with Crippen LogP contribution in [0.15, 0.2) is 79.0 Å².